The summed E-state index contributed by atoms with van der Waals surface area (Å²) in [6.45, 7) is 2.90. The van der Waals surface area contributed by atoms with E-state index in [2.05, 4.69) is 30.5 Å². The van der Waals surface area contributed by atoms with Crippen molar-refractivity contribution in [2.75, 3.05) is 18.8 Å². The molecule has 23 heavy (non-hydrogen) atoms. The minimum atomic E-state index is 0.402. The van der Waals surface area contributed by atoms with Crippen LogP contribution in [-0.4, -0.2) is 37.6 Å². The monoisotopic (exact) mass is 308 g/mol. The molecule has 1 atom stereocenters. The maximum absolute atomic E-state index is 5.98. The average Bonchev–Trinajstić information content (AvgIpc) is 3.01. The maximum Gasteiger partial charge on any atom is 0.160 e. The van der Waals surface area contributed by atoms with Crippen molar-refractivity contribution in [2.24, 2.45) is 0 Å². The van der Waals surface area contributed by atoms with Crippen molar-refractivity contribution in [2.45, 2.75) is 25.3 Å². The van der Waals surface area contributed by atoms with Crippen LogP contribution in [0.4, 0.5) is 5.82 Å². The summed E-state index contributed by atoms with van der Waals surface area (Å²) in [6.07, 6.45) is 6.09. The van der Waals surface area contributed by atoms with E-state index < -0.39 is 0 Å². The highest BCUT2D eigenvalue weighted by Gasteiger charge is 2.25. The van der Waals surface area contributed by atoms with Crippen LogP contribution in [-0.2, 0) is 6.54 Å². The molecule has 1 unspecified atom stereocenters. The number of anilines is 1. The van der Waals surface area contributed by atoms with Crippen LogP contribution >= 0.6 is 0 Å². The second-order valence-electron chi connectivity index (χ2n) is 6.11. The lowest BCUT2D eigenvalue weighted by Gasteiger charge is -2.32. The van der Waals surface area contributed by atoms with E-state index in [9.17, 15) is 0 Å². The van der Waals surface area contributed by atoms with Gasteiger partial charge in [0.2, 0.25) is 0 Å². The molecule has 1 aliphatic heterocycles. The van der Waals surface area contributed by atoms with Crippen molar-refractivity contribution < 1.29 is 0 Å². The molecule has 0 aliphatic carbocycles. The predicted octanol–water partition coefficient (Wildman–Crippen LogP) is 2.09. The number of aromatic nitrogens is 4. The lowest BCUT2D eigenvalue weighted by molar-refractivity contribution is 0.196. The molecule has 3 aromatic rings. The lowest BCUT2D eigenvalue weighted by Crippen LogP contribution is -2.34. The largest absolute Gasteiger partial charge is 0.383 e. The molecule has 0 amide bonds. The van der Waals surface area contributed by atoms with Gasteiger partial charge >= 0.3 is 0 Å². The zero-order valence-corrected chi connectivity index (χ0v) is 13.0. The summed E-state index contributed by atoms with van der Waals surface area (Å²) in [4.78, 5) is 6.62. The minimum absolute atomic E-state index is 0.402. The Morgan fingerprint density at radius 1 is 1.17 bits per heavy atom. The van der Waals surface area contributed by atoms with E-state index in [-0.39, 0.29) is 0 Å². The van der Waals surface area contributed by atoms with Crippen molar-refractivity contribution in [1.29, 1.82) is 0 Å². The molecule has 0 spiro atoms. The molecule has 1 fully saturated rings. The molecule has 0 bridgehead atoms. The van der Waals surface area contributed by atoms with Gasteiger partial charge in [-0.1, -0.05) is 12.1 Å². The van der Waals surface area contributed by atoms with Crippen molar-refractivity contribution >= 4 is 11.5 Å². The van der Waals surface area contributed by atoms with Crippen LogP contribution in [0.3, 0.4) is 0 Å². The van der Waals surface area contributed by atoms with E-state index >= 15 is 0 Å². The first-order valence-electron chi connectivity index (χ1n) is 8.02. The Hall–Kier alpha value is -2.47. The fraction of sp³-hybridized carbons (Fsp3) is 0.353. The molecule has 0 aromatic carbocycles. The number of hydrogen-bond acceptors (Lipinski definition) is 5. The summed E-state index contributed by atoms with van der Waals surface area (Å²) in [6, 6.07) is 10.0. The predicted molar refractivity (Wildman–Crippen MR) is 88.9 cm³/mol. The van der Waals surface area contributed by atoms with Gasteiger partial charge in [-0.25, -0.2) is 4.98 Å². The van der Waals surface area contributed by atoms with E-state index in [1.54, 1.807) is 6.20 Å². The fourth-order valence-corrected chi connectivity index (χ4v) is 3.37. The molecule has 3 aromatic heterocycles. The van der Waals surface area contributed by atoms with Gasteiger partial charge in [-0.05, 0) is 37.6 Å². The number of nitrogen functional groups attached to an aromatic ring is 1. The van der Waals surface area contributed by atoms with Crippen LogP contribution in [0.25, 0.3) is 5.65 Å². The molecule has 118 valence electrons. The smallest absolute Gasteiger partial charge is 0.160 e. The van der Waals surface area contributed by atoms with Crippen molar-refractivity contribution in [3.8, 4) is 0 Å². The maximum atomic E-state index is 5.98. The van der Waals surface area contributed by atoms with Gasteiger partial charge < -0.3 is 5.73 Å². The molecule has 0 saturated carbocycles. The topological polar surface area (TPSA) is 72.3 Å². The molecule has 6 heteroatoms. The molecule has 4 rings (SSSR count). The van der Waals surface area contributed by atoms with E-state index in [1.807, 2.05) is 30.5 Å². The van der Waals surface area contributed by atoms with Gasteiger partial charge in [-0.3, -0.25) is 9.30 Å². The highest BCUT2D eigenvalue weighted by Crippen LogP contribution is 2.27. The number of nitrogens with two attached hydrogens (primary N) is 1. The van der Waals surface area contributed by atoms with E-state index in [4.69, 9.17) is 5.73 Å². The van der Waals surface area contributed by atoms with Gasteiger partial charge in [-0.15, -0.1) is 10.2 Å². The van der Waals surface area contributed by atoms with Crippen molar-refractivity contribution in [1.82, 2.24) is 24.5 Å². The Morgan fingerprint density at radius 3 is 3.04 bits per heavy atom. The zero-order valence-electron chi connectivity index (χ0n) is 13.0. The average molecular weight is 308 g/mol. The zero-order chi connectivity index (χ0) is 15.6. The molecule has 1 saturated heterocycles. The van der Waals surface area contributed by atoms with E-state index in [0.717, 1.165) is 49.5 Å². The Labute approximate surface area is 135 Å². The van der Waals surface area contributed by atoms with Gasteiger partial charge in [0.15, 0.2) is 5.65 Å². The summed E-state index contributed by atoms with van der Waals surface area (Å²) >= 11 is 0. The second-order valence-corrected chi connectivity index (χ2v) is 6.11. The summed E-state index contributed by atoms with van der Waals surface area (Å²) in [7, 11) is 0. The highest BCUT2D eigenvalue weighted by atomic mass is 15.3. The van der Waals surface area contributed by atoms with Crippen LogP contribution in [0.5, 0.6) is 0 Å². The molecular formula is C17H20N6. The quantitative estimate of drug-likeness (QED) is 0.802. The van der Waals surface area contributed by atoms with Crippen molar-refractivity contribution in [3.63, 3.8) is 0 Å². The second kappa shape index (κ2) is 5.96. The first-order chi connectivity index (χ1) is 11.3. The number of likely N-dealkylation sites (tertiary alicyclic amines) is 1. The normalized spacial score (nSPS) is 19.2. The summed E-state index contributed by atoms with van der Waals surface area (Å²) in [5.74, 6) is 2.09. The number of hydrogen-bond donors (Lipinski definition) is 1. The first-order valence-corrected chi connectivity index (χ1v) is 8.02. The number of piperidine rings is 1. The SMILES string of the molecule is Nc1ncccc1CN1CCCC(c2nnc3ccccn23)C1. The van der Waals surface area contributed by atoms with Crippen molar-refractivity contribution in [3.05, 3.63) is 54.1 Å². The fourth-order valence-electron chi connectivity index (χ4n) is 3.37. The number of nitrogens with zero attached hydrogens (tertiary/aromatic N) is 5. The summed E-state index contributed by atoms with van der Waals surface area (Å²) in [5.41, 5.74) is 7.99. The number of rotatable bonds is 3. The van der Waals surface area contributed by atoms with Gasteiger partial charge in [0.05, 0.1) is 0 Å². The lowest BCUT2D eigenvalue weighted by atomic mass is 9.96. The first kappa shape index (κ1) is 14.1. The third-order valence-corrected chi connectivity index (χ3v) is 4.53. The molecule has 6 nitrogen and oxygen atoms in total. The van der Waals surface area contributed by atoms with Crippen LogP contribution in [0, 0.1) is 0 Å². The van der Waals surface area contributed by atoms with Crippen LogP contribution < -0.4 is 5.73 Å². The minimum Gasteiger partial charge on any atom is -0.383 e. The molecule has 4 heterocycles. The van der Waals surface area contributed by atoms with Gasteiger partial charge in [0, 0.05) is 37.0 Å². The van der Waals surface area contributed by atoms with Crippen LogP contribution in [0.15, 0.2) is 42.7 Å². The Morgan fingerprint density at radius 2 is 2.13 bits per heavy atom. The highest BCUT2D eigenvalue weighted by molar-refractivity contribution is 5.39. The number of fused-ring (bicyclic) bond motifs is 1. The Balaban J connectivity index is 1.54. The van der Waals surface area contributed by atoms with E-state index in [0.29, 0.717) is 11.7 Å². The molecular weight excluding hydrogens is 288 g/mol. The van der Waals surface area contributed by atoms with Gasteiger partial charge in [-0.2, -0.15) is 0 Å². The number of pyridine rings is 2. The molecule has 2 N–H and O–H groups in total. The third-order valence-electron chi connectivity index (χ3n) is 4.53. The van der Waals surface area contributed by atoms with E-state index in [1.165, 1.54) is 0 Å². The third kappa shape index (κ3) is 2.77. The summed E-state index contributed by atoms with van der Waals surface area (Å²) in [5, 5.41) is 8.71. The van der Waals surface area contributed by atoms with Gasteiger partial charge in [0.1, 0.15) is 11.6 Å². The Kier molecular flexibility index (Phi) is 3.67. The standard InChI is InChI=1S/C17H20N6/c18-16-13(5-3-8-19-16)11-22-9-4-6-14(12-22)17-21-20-15-7-1-2-10-23(15)17/h1-3,5,7-8,10,14H,4,6,9,11-12H2,(H2,18,19). The van der Waals surface area contributed by atoms with Crippen LogP contribution in [0.2, 0.25) is 0 Å². The van der Waals surface area contributed by atoms with Gasteiger partial charge in [0.25, 0.3) is 0 Å². The van der Waals surface area contributed by atoms with Crippen LogP contribution in [0.1, 0.15) is 30.1 Å². The molecule has 0 radical (unpaired) electrons. The molecule has 1 aliphatic rings. The Bertz CT molecular complexity index is 811. The summed E-state index contributed by atoms with van der Waals surface area (Å²) < 4.78 is 2.10.